The lowest BCUT2D eigenvalue weighted by molar-refractivity contribution is 0.166. The van der Waals surface area contributed by atoms with Crippen molar-refractivity contribution in [3.8, 4) is 0 Å². The number of piperidine rings is 1. The van der Waals surface area contributed by atoms with Gasteiger partial charge in [-0.1, -0.05) is 17.7 Å². The van der Waals surface area contributed by atoms with Gasteiger partial charge < -0.3 is 5.11 Å². The molecule has 1 atom stereocenters. The second-order valence-corrected chi connectivity index (χ2v) is 7.22. The van der Waals surface area contributed by atoms with Gasteiger partial charge in [-0.15, -0.1) is 0 Å². The maximum atomic E-state index is 12.3. The van der Waals surface area contributed by atoms with Crippen LogP contribution in [0.1, 0.15) is 18.4 Å². The van der Waals surface area contributed by atoms with Crippen molar-refractivity contribution in [2.45, 2.75) is 19.8 Å². The van der Waals surface area contributed by atoms with E-state index >= 15 is 0 Å². The molecule has 1 saturated heterocycles. The van der Waals surface area contributed by atoms with Gasteiger partial charge in [0.2, 0.25) is 0 Å². The summed E-state index contributed by atoms with van der Waals surface area (Å²) < 4.78 is 28.5. The van der Waals surface area contributed by atoms with E-state index in [0.717, 1.165) is 18.4 Å². The van der Waals surface area contributed by atoms with Crippen LogP contribution in [0.25, 0.3) is 0 Å². The van der Waals surface area contributed by atoms with Crippen LogP contribution in [-0.2, 0) is 10.2 Å². The summed E-state index contributed by atoms with van der Waals surface area (Å²) in [6.45, 7) is 2.71. The van der Waals surface area contributed by atoms with Crippen LogP contribution in [0.2, 0.25) is 5.02 Å². The molecule has 7 heteroatoms. The van der Waals surface area contributed by atoms with Crippen molar-refractivity contribution in [3.05, 3.63) is 28.8 Å². The quantitative estimate of drug-likeness (QED) is 0.892. The van der Waals surface area contributed by atoms with Gasteiger partial charge in [-0.05, 0) is 43.4 Å². The molecule has 2 rings (SSSR count). The van der Waals surface area contributed by atoms with Crippen LogP contribution in [0.5, 0.6) is 0 Å². The fourth-order valence-electron chi connectivity index (χ4n) is 2.30. The van der Waals surface area contributed by atoms with Crippen molar-refractivity contribution in [3.63, 3.8) is 0 Å². The van der Waals surface area contributed by atoms with E-state index in [9.17, 15) is 13.5 Å². The Morgan fingerprint density at radius 1 is 1.50 bits per heavy atom. The van der Waals surface area contributed by atoms with Crippen LogP contribution in [0, 0.1) is 12.8 Å². The molecule has 0 saturated carbocycles. The van der Waals surface area contributed by atoms with Crippen molar-refractivity contribution in [2.75, 3.05) is 24.4 Å². The second kappa shape index (κ2) is 6.30. The van der Waals surface area contributed by atoms with Crippen LogP contribution >= 0.6 is 11.6 Å². The molecular weight excluding hydrogens is 300 g/mol. The highest BCUT2D eigenvalue weighted by molar-refractivity contribution is 7.90. The number of anilines is 1. The zero-order valence-corrected chi connectivity index (χ0v) is 12.9. The Balaban J connectivity index is 2.14. The van der Waals surface area contributed by atoms with Gasteiger partial charge in [0.15, 0.2) is 0 Å². The Morgan fingerprint density at radius 3 is 2.90 bits per heavy atom. The molecule has 1 heterocycles. The Kier molecular flexibility index (Phi) is 4.90. The standard InChI is InChI=1S/C13H19ClN2O3S/c1-10-4-5-13(12(14)7-10)15-20(18,19)16-6-2-3-11(8-16)9-17/h4-5,7,11,15,17H,2-3,6,8-9H2,1H3. The van der Waals surface area contributed by atoms with E-state index in [1.54, 1.807) is 18.2 Å². The van der Waals surface area contributed by atoms with Crippen LogP contribution in [0.3, 0.4) is 0 Å². The number of benzene rings is 1. The Morgan fingerprint density at radius 2 is 2.25 bits per heavy atom. The molecule has 5 nitrogen and oxygen atoms in total. The van der Waals surface area contributed by atoms with E-state index in [0.29, 0.717) is 23.8 Å². The molecule has 112 valence electrons. The van der Waals surface area contributed by atoms with Gasteiger partial charge in [0, 0.05) is 19.7 Å². The fourth-order valence-corrected chi connectivity index (χ4v) is 4.00. The van der Waals surface area contributed by atoms with E-state index in [-0.39, 0.29) is 12.5 Å². The summed E-state index contributed by atoms with van der Waals surface area (Å²) in [6, 6.07) is 5.17. The smallest absolute Gasteiger partial charge is 0.301 e. The topological polar surface area (TPSA) is 69.6 Å². The second-order valence-electron chi connectivity index (χ2n) is 5.14. The SMILES string of the molecule is Cc1ccc(NS(=O)(=O)N2CCCC(CO)C2)c(Cl)c1. The minimum atomic E-state index is -3.63. The molecule has 0 aromatic heterocycles. The summed E-state index contributed by atoms with van der Waals surface area (Å²) in [4.78, 5) is 0. The fraction of sp³-hybridized carbons (Fsp3) is 0.538. The average Bonchev–Trinajstić information content (AvgIpc) is 2.42. The Labute approximate surface area is 124 Å². The summed E-state index contributed by atoms with van der Waals surface area (Å²) in [7, 11) is -3.63. The highest BCUT2D eigenvalue weighted by Crippen LogP contribution is 2.26. The highest BCUT2D eigenvalue weighted by atomic mass is 35.5. The number of nitrogens with zero attached hydrogens (tertiary/aromatic N) is 1. The van der Waals surface area contributed by atoms with E-state index in [4.69, 9.17) is 11.6 Å². The lowest BCUT2D eigenvalue weighted by Gasteiger charge is -2.31. The van der Waals surface area contributed by atoms with Crippen LogP contribution in [0.4, 0.5) is 5.69 Å². The summed E-state index contributed by atoms with van der Waals surface area (Å²) in [5.74, 6) is 0.00816. The Bertz CT molecular complexity index is 577. The molecule has 0 radical (unpaired) electrons. The van der Waals surface area contributed by atoms with Gasteiger partial charge in [-0.2, -0.15) is 12.7 Å². The number of aliphatic hydroxyl groups is 1. The molecule has 0 spiro atoms. The number of halogens is 1. The molecular formula is C13H19ClN2O3S. The van der Waals surface area contributed by atoms with Crippen LogP contribution in [-0.4, -0.2) is 37.5 Å². The molecule has 1 unspecified atom stereocenters. The van der Waals surface area contributed by atoms with E-state index in [1.807, 2.05) is 6.92 Å². The van der Waals surface area contributed by atoms with E-state index in [1.165, 1.54) is 4.31 Å². The van der Waals surface area contributed by atoms with Crippen molar-refractivity contribution < 1.29 is 13.5 Å². The first-order chi connectivity index (χ1) is 9.42. The molecule has 0 amide bonds. The van der Waals surface area contributed by atoms with E-state index < -0.39 is 10.2 Å². The predicted octanol–water partition coefficient (Wildman–Crippen LogP) is 2.01. The van der Waals surface area contributed by atoms with Gasteiger partial charge >= 0.3 is 10.2 Å². The van der Waals surface area contributed by atoms with Crippen molar-refractivity contribution in [1.29, 1.82) is 0 Å². The van der Waals surface area contributed by atoms with Gasteiger partial charge in [0.1, 0.15) is 0 Å². The average molecular weight is 319 g/mol. The molecule has 0 bridgehead atoms. The molecule has 20 heavy (non-hydrogen) atoms. The number of nitrogens with one attached hydrogen (secondary N) is 1. The van der Waals surface area contributed by atoms with Gasteiger partial charge in [-0.25, -0.2) is 0 Å². The molecule has 1 aromatic rings. The van der Waals surface area contributed by atoms with Gasteiger partial charge in [0.25, 0.3) is 0 Å². The first kappa shape index (κ1) is 15.6. The van der Waals surface area contributed by atoms with Crippen molar-refractivity contribution in [1.82, 2.24) is 4.31 Å². The summed E-state index contributed by atoms with van der Waals surface area (Å²) in [5.41, 5.74) is 1.35. The lowest BCUT2D eigenvalue weighted by Crippen LogP contribution is -2.43. The predicted molar refractivity (Wildman–Crippen MR) is 80.1 cm³/mol. The molecule has 2 N–H and O–H groups in total. The minimum absolute atomic E-state index is 0.00816. The summed E-state index contributed by atoms with van der Waals surface area (Å²) in [5, 5.41) is 9.55. The third-order valence-corrected chi connectivity index (χ3v) is 5.25. The minimum Gasteiger partial charge on any atom is -0.396 e. The molecule has 1 fully saturated rings. The van der Waals surface area contributed by atoms with E-state index in [2.05, 4.69) is 4.72 Å². The monoisotopic (exact) mass is 318 g/mol. The molecule has 1 aliphatic heterocycles. The number of hydrogen-bond acceptors (Lipinski definition) is 3. The maximum absolute atomic E-state index is 12.3. The Hall–Kier alpha value is -0.820. The van der Waals surface area contributed by atoms with Crippen LogP contribution in [0.15, 0.2) is 18.2 Å². The maximum Gasteiger partial charge on any atom is 0.301 e. The number of aryl methyl sites for hydroxylation is 1. The summed E-state index contributed by atoms with van der Waals surface area (Å²) >= 11 is 6.04. The third-order valence-electron chi connectivity index (χ3n) is 3.44. The summed E-state index contributed by atoms with van der Waals surface area (Å²) in [6.07, 6.45) is 1.61. The zero-order chi connectivity index (χ0) is 14.8. The zero-order valence-electron chi connectivity index (χ0n) is 11.3. The van der Waals surface area contributed by atoms with Crippen molar-refractivity contribution >= 4 is 27.5 Å². The first-order valence-electron chi connectivity index (χ1n) is 6.57. The molecule has 1 aliphatic rings. The first-order valence-corrected chi connectivity index (χ1v) is 8.39. The number of hydrogen-bond donors (Lipinski definition) is 2. The molecule has 0 aliphatic carbocycles. The van der Waals surface area contributed by atoms with Gasteiger partial charge in [-0.3, -0.25) is 4.72 Å². The normalized spacial score (nSPS) is 20.9. The number of aliphatic hydroxyl groups excluding tert-OH is 1. The van der Waals surface area contributed by atoms with Gasteiger partial charge in [0.05, 0.1) is 10.7 Å². The van der Waals surface area contributed by atoms with Crippen LogP contribution < -0.4 is 4.72 Å². The number of rotatable bonds is 4. The largest absolute Gasteiger partial charge is 0.396 e. The van der Waals surface area contributed by atoms with Crippen molar-refractivity contribution in [2.24, 2.45) is 5.92 Å². The molecule has 1 aromatic carbocycles. The lowest BCUT2D eigenvalue weighted by atomic mass is 10.0. The third kappa shape index (κ3) is 3.63. The highest BCUT2D eigenvalue weighted by Gasteiger charge is 2.28.